The van der Waals surface area contributed by atoms with Crippen molar-refractivity contribution in [2.75, 3.05) is 20.8 Å². The molecule has 0 radical (unpaired) electrons. The van der Waals surface area contributed by atoms with Crippen LogP contribution in [0, 0.1) is 0 Å². The van der Waals surface area contributed by atoms with Crippen molar-refractivity contribution in [2.24, 2.45) is 0 Å². The Morgan fingerprint density at radius 2 is 2.05 bits per heavy atom. The van der Waals surface area contributed by atoms with E-state index in [4.69, 9.17) is 25.8 Å². The van der Waals surface area contributed by atoms with Gasteiger partial charge in [-0.3, -0.25) is 4.79 Å². The Hall–Kier alpha value is -1.46. The summed E-state index contributed by atoms with van der Waals surface area (Å²) in [5, 5.41) is 10.5. The minimum Gasteiger partial charge on any atom is -0.493 e. The smallest absolute Gasteiger partial charge is 0.305 e. The highest BCUT2D eigenvalue weighted by Crippen LogP contribution is 2.40. The number of hydrogen-bond donors (Lipinski definition) is 1. The molecule has 1 rings (SSSR count). The second kappa shape index (κ2) is 8.74. The maximum absolute atomic E-state index is 11.4. The zero-order chi connectivity index (χ0) is 15.8. The van der Waals surface area contributed by atoms with Crippen LogP contribution in [-0.4, -0.2) is 31.9 Å². The molecule has 5 nitrogen and oxygen atoms in total. The summed E-state index contributed by atoms with van der Waals surface area (Å²) < 4.78 is 15.3. The monoisotopic (exact) mass is 316 g/mol. The number of carbonyl (C=O) groups is 1. The van der Waals surface area contributed by atoms with Gasteiger partial charge >= 0.3 is 5.97 Å². The van der Waals surface area contributed by atoms with Crippen molar-refractivity contribution in [1.29, 1.82) is 0 Å². The number of esters is 1. The highest BCUT2D eigenvalue weighted by Gasteiger charge is 2.19. The fourth-order valence-electron chi connectivity index (χ4n) is 1.86. The zero-order valence-corrected chi connectivity index (χ0v) is 13.3. The van der Waals surface area contributed by atoms with Gasteiger partial charge in [0, 0.05) is 12.0 Å². The third-order valence-corrected chi connectivity index (χ3v) is 3.35. The molecule has 0 bridgehead atoms. The molecule has 21 heavy (non-hydrogen) atoms. The summed E-state index contributed by atoms with van der Waals surface area (Å²) >= 11 is 6.21. The average Bonchev–Trinajstić information content (AvgIpc) is 2.49. The Morgan fingerprint density at radius 3 is 2.62 bits per heavy atom. The topological polar surface area (TPSA) is 65.0 Å². The van der Waals surface area contributed by atoms with E-state index in [1.54, 1.807) is 12.1 Å². The molecule has 1 aromatic rings. The number of methoxy groups -OCH3 is 2. The molecule has 1 aromatic carbocycles. The summed E-state index contributed by atoms with van der Waals surface area (Å²) in [7, 11) is 2.98. The first-order valence-corrected chi connectivity index (χ1v) is 7.17. The summed E-state index contributed by atoms with van der Waals surface area (Å²) in [6, 6.07) is 3.32. The van der Waals surface area contributed by atoms with Crippen LogP contribution in [-0.2, 0) is 9.53 Å². The molecule has 0 spiro atoms. The lowest BCUT2D eigenvalue weighted by Gasteiger charge is -2.16. The van der Waals surface area contributed by atoms with Crippen LogP contribution in [0.1, 0.15) is 37.9 Å². The summed E-state index contributed by atoms with van der Waals surface area (Å²) in [6.07, 6.45) is 0.269. The van der Waals surface area contributed by atoms with Gasteiger partial charge in [-0.05, 0) is 18.9 Å². The van der Waals surface area contributed by atoms with Gasteiger partial charge in [-0.15, -0.1) is 0 Å². The molecule has 0 aliphatic heterocycles. The van der Waals surface area contributed by atoms with E-state index in [9.17, 15) is 9.90 Å². The van der Waals surface area contributed by atoms with Gasteiger partial charge in [0.1, 0.15) is 0 Å². The quantitative estimate of drug-likeness (QED) is 0.746. The summed E-state index contributed by atoms with van der Waals surface area (Å²) in [5.74, 6) is 0.526. The largest absolute Gasteiger partial charge is 0.493 e. The van der Waals surface area contributed by atoms with Crippen molar-refractivity contribution in [3.63, 3.8) is 0 Å². The first kappa shape index (κ1) is 17.6. The predicted octanol–water partition coefficient (Wildman–Crippen LogP) is 3.12. The average molecular weight is 317 g/mol. The number of aliphatic hydroxyl groups is 1. The Labute approximate surface area is 129 Å². The maximum atomic E-state index is 11.4. The Kier molecular flexibility index (Phi) is 7.32. The Balaban J connectivity index is 2.74. The number of ether oxygens (including phenoxy) is 3. The Morgan fingerprint density at radius 1 is 1.33 bits per heavy atom. The standard InChI is InChI=1S/C15H21ClO5/c1-4-9-21-13(18)8-6-11(17)10-5-7-12(19-2)15(20-3)14(10)16/h5,7,11,17H,4,6,8-9H2,1-3H3. The second-order valence-electron chi connectivity index (χ2n) is 4.48. The van der Waals surface area contributed by atoms with Gasteiger partial charge in [0.25, 0.3) is 0 Å². The molecule has 0 aliphatic carbocycles. The van der Waals surface area contributed by atoms with E-state index in [0.717, 1.165) is 6.42 Å². The van der Waals surface area contributed by atoms with Crippen molar-refractivity contribution >= 4 is 17.6 Å². The van der Waals surface area contributed by atoms with E-state index in [1.165, 1.54) is 14.2 Å². The molecule has 0 fully saturated rings. The van der Waals surface area contributed by atoms with Crippen LogP contribution >= 0.6 is 11.6 Å². The highest BCUT2D eigenvalue weighted by atomic mass is 35.5. The molecule has 0 saturated heterocycles. The molecular formula is C15H21ClO5. The molecular weight excluding hydrogens is 296 g/mol. The van der Waals surface area contributed by atoms with Crippen molar-refractivity contribution in [3.05, 3.63) is 22.7 Å². The van der Waals surface area contributed by atoms with Gasteiger partial charge in [0.15, 0.2) is 11.5 Å². The lowest BCUT2D eigenvalue weighted by atomic mass is 10.0. The van der Waals surface area contributed by atoms with Crippen molar-refractivity contribution in [2.45, 2.75) is 32.3 Å². The molecule has 1 N–H and O–H groups in total. The number of benzene rings is 1. The van der Waals surface area contributed by atoms with Crippen LogP contribution in [0.25, 0.3) is 0 Å². The molecule has 1 atom stereocenters. The van der Waals surface area contributed by atoms with E-state index in [-0.39, 0.29) is 23.8 Å². The van der Waals surface area contributed by atoms with Crippen LogP contribution in [0.3, 0.4) is 0 Å². The number of carbonyl (C=O) groups excluding carboxylic acids is 1. The van der Waals surface area contributed by atoms with Crippen LogP contribution in [0.2, 0.25) is 5.02 Å². The zero-order valence-electron chi connectivity index (χ0n) is 12.5. The molecule has 0 aromatic heterocycles. The van der Waals surface area contributed by atoms with E-state index in [2.05, 4.69) is 0 Å². The fraction of sp³-hybridized carbons (Fsp3) is 0.533. The normalized spacial score (nSPS) is 11.9. The van der Waals surface area contributed by atoms with Gasteiger partial charge in [-0.25, -0.2) is 0 Å². The van der Waals surface area contributed by atoms with Crippen LogP contribution in [0.15, 0.2) is 12.1 Å². The lowest BCUT2D eigenvalue weighted by molar-refractivity contribution is -0.144. The summed E-state index contributed by atoms with van der Waals surface area (Å²) in [6.45, 7) is 2.32. The fourth-order valence-corrected chi connectivity index (χ4v) is 2.22. The summed E-state index contributed by atoms with van der Waals surface area (Å²) in [5.41, 5.74) is 0.498. The molecule has 118 valence electrons. The molecule has 0 aliphatic rings. The van der Waals surface area contributed by atoms with E-state index in [1.807, 2.05) is 6.92 Å². The van der Waals surface area contributed by atoms with Gasteiger partial charge in [-0.1, -0.05) is 24.6 Å². The van der Waals surface area contributed by atoms with Crippen molar-refractivity contribution < 1.29 is 24.1 Å². The van der Waals surface area contributed by atoms with Crippen molar-refractivity contribution in [3.8, 4) is 11.5 Å². The van der Waals surface area contributed by atoms with E-state index in [0.29, 0.717) is 23.7 Å². The maximum Gasteiger partial charge on any atom is 0.305 e. The third kappa shape index (κ3) is 4.79. The molecule has 1 unspecified atom stereocenters. The SMILES string of the molecule is CCCOC(=O)CCC(O)c1ccc(OC)c(OC)c1Cl. The third-order valence-electron chi connectivity index (χ3n) is 2.96. The number of halogens is 1. The first-order chi connectivity index (χ1) is 10.0. The van der Waals surface area contributed by atoms with Gasteiger partial charge < -0.3 is 19.3 Å². The molecule has 0 heterocycles. The van der Waals surface area contributed by atoms with Gasteiger partial charge in [-0.2, -0.15) is 0 Å². The Bertz CT molecular complexity index is 475. The molecule has 6 heteroatoms. The van der Waals surface area contributed by atoms with Gasteiger partial charge in [0.05, 0.1) is 32.0 Å². The number of rotatable bonds is 8. The second-order valence-corrected chi connectivity index (χ2v) is 4.86. The van der Waals surface area contributed by atoms with Crippen molar-refractivity contribution in [1.82, 2.24) is 0 Å². The molecule has 0 saturated carbocycles. The highest BCUT2D eigenvalue weighted by molar-refractivity contribution is 6.33. The molecule has 0 amide bonds. The minimum atomic E-state index is -0.869. The number of hydrogen-bond acceptors (Lipinski definition) is 5. The van der Waals surface area contributed by atoms with Crippen LogP contribution in [0.5, 0.6) is 11.5 Å². The van der Waals surface area contributed by atoms with E-state index >= 15 is 0 Å². The van der Waals surface area contributed by atoms with Gasteiger partial charge in [0.2, 0.25) is 0 Å². The summed E-state index contributed by atoms with van der Waals surface area (Å²) in [4.78, 5) is 11.4. The van der Waals surface area contributed by atoms with Crippen LogP contribution < -0.4 is 9.47 Å². The number of aliphatic hydroxyl groups excluding tert-OH is 1. The first-order valence-electron chi connectivity index (χ1n) is 6.79. The van der Waals surface area contributed by atoms with E-state index < -0.39 is 6.10 Å². The predicted molar refractivity (Wildman–Crippen MR) is 80.0 cm³/mol. The van der Waals surface area contributed by atoms with Crippen LogP contribution in [0.4, 0.5) is 0 Å². The lowest BCUT2D eigenvalue weighted by Crippen LogP contribution is -2.08. The minimum absolute atomic E-state index is 0.131.